The molecule has 1 aliphatic heterocycles. The molecule has 1 aromatic rings. The third kappa shape index (κ3) is 4.30. The predicted octanol–water partition coefficient (Wildman–Crippen LogP) is 1.89. The first-order valence-corrected chi connectivity index (χ1v) is 7.39. The average Bonchev–Trinajstić information content (AvgIpc) is 2.42. The van der Waals surface area contributed by atoms with E-state index < -0.39 is 0 Å². The van der Waals surface area contributed by atoms with Crippen molar-refractivity contribution in [3.63, 3.8) is 0 Å². The minimum Gasteiger partial charge on any atom is -0.330 e. The molecule has 106 valence electrons. The van der Waals surface area contributed by atoms with E-state index >= 15 is 0 Å². The fourth-order valence-electron chi connectivity index (χ4n) is 2.63. The van der Waals surface area contributed by atoms with E-state index in [-0.39, 0.29) is 0 Å². The normalized spacial score (nSPS) is 19.5. The molecule has 1 aliphatic rings. The van der Waals surface area contributed by atoms with E-state index in [1.165, 1.54) is 37.3 Å². The van der Waals surface area contributed by atoms with Gasteiger partial charge in [-0.2, -0.15) is 0 Å². The second-order valence-electron chi connectivity index (χ2n) is 5.80. The van der Waals surface area contributed by atoms with Crippen molar-refractivity contribution >= 4 is 0 Å². The molecule has 0 bridgehead atoms. The van der Waals surface area contributed by atoms with Gasteiger partial charge in [0.1, 0.15) is 0 Å². The molecule has 0 radical (unpaired) electrons. The van der Waals surface area contributed by atoms with E-state index in [2.05, 4.69) is 48.0 Å². The van der Waals surface area contributed by atoms with Crippen LogP contribution >= 0.6 is 0 Å². The molecule has 0 saturated carbocycles. The van der Waals surface area contributed by atoms with Gasteiger partial charge in [-0.3, -0.25) is 4.90 Å². The van der Waals surface area contributed by atoms with Crippen LogP contribution in [0.3, 0.4) is 0 Å². The fraction of sp³-hybridized carbons (Fsp3) is 0.625. The minimum absolute atomic E-state index is 0.572. The van der Waals surface area contributed by atoms with Gasteiger partial charge in [0.2, 0.25) is 0 Å². The maximum atomic E-state index is 5.62. The summed E-state index contributed by atoms with van der Waals surface area (Å²) in [4.78, 5) is 4.94. The Balaban J connectivity index is 1.88. The summed E-state index contributed by atoms with van der Waals surface area (Å²) in [6, 6.07) is 9.10. The van der Waals surface area contributed by atoms with Crippen LogP contribution in [0.4, 0.5) is 0 Å². The number of hydrogen-bond acceptors (Lipinski definition) is 3. The number of piperazine rings is 1. The molecule has 3 nitrogen and oxygen atoms in total. The lowest BCUT2D eigenvalue weighted by molar-refractivity contribution is 0.148. The highest BCUT2D eigenvalue weighted by Crippen LogP contribution is 2.19. The van der Waals surface area contributed by atoms with E-state index in [1.807, 2.05) is 0 Å². The van der Waals surface area contributed by atoms with Crippen molar-refractivity contribution in [2.24, 2.45) is 5.73 Å². The van der Waals surface area contributed by atoms with Gasteiger partial charge >= 0.3 is 0 Å². The van der Waals surface area contributed by atoms with Crippen molar-refractivity contribution < 1.29 is 0 Å². The van der Waals surface area contributed by atoms with Crippen molar-refractivity contribution in [1.82, 2.24) is 9.80 Å². The Morgan fingerprint density at radius 2 is 1.74 bits per heavy atom. The molecule has 1 unspecified atom stereocenters. The largest absolute Gasteiger partial charge is 0.330 e. The maximum Gasteiger partial charge on any atom is 0.0234 e. The highest BCUT2D eigenvalue weighted by molar-refractivity contribution is 5.25. The van der Waals surface area contributed by atoms with Crippen LogP contribution in [0, 0.1) is 0 Å². The Morgan fingerprint density at radius 1 is 1.11 bits per heavy atom. The third-order valence-electron chi connectivity index (χ3n) is 4.15. The molecule has 0 aliphatic carbocycles. The molecule has 1 fully saturated rings. The van der Waals surface area contributed by atoms with Crippen LogP contribution in [-0.4, -0.2) is 49.6 Å². The summed E-state index contributed by atoms with van der Waals surface area (Å²) in [5, 5.41) is 0. The lowest BCUT2D eigenvalue weighted by Crippen LogP contribution is -2.43. The van der Waals surface area contributed by atoms with Gasteiger partial charge in [-0.25, -0.2) is 0 Å². The van der Waals surface area contributed by atoms with E-state index in [0.29, 0.717) is 5.92 Å². The maximum absolute atomic E-state index is 5.62. The number of likely N-dealkylation sites (N-methyl/N-ethyl adjacent to an activating group) is 1. The molecule has 19 heavy (non-hydrogen) atoms. The first-order valence-electron chi connectivity index (χ1n) is 7.39. The summed E-state index contributed by atoms with van der Waals surface area (Å²) in [7, 11) is 2.20. The zero-order valence-corrected chi connectivity index (χ0v) is 12.3. The van der Waals surface area contributed by atoms with Gasteiger partial charge in [0.15, 0.2) is 0 Å². The Labute approximate surface area is 117 Å². The molecule has 2 rings (SSSR count). The van der Waals surface area contributed by atoms with Gasteiger partial charge in [0.25, 0.3) is 0 Å². The van der Waals surface area contributed by atoms with Crippen molar-refractivity contribution in [1.29, 1.82) is 0 Å². The molecule has 1 aromatic carbocycles. The fourth-order valence-corrected chi connectivity index (χ4v) is 2.63. The third-order valence-corrected chi connectivity index (χ3v) is 4.15. The zero-order valence-electron chi connectivity index (χ0n) is 12.3. The lowest BCUT2D eigenvalue weighted by Gasteiger charge is -2.32. The van der Waals surface area contributed by atoms with Crippen molar-refractivity contribution in [2.45, 2.75) is 25.8 Å². The van der Waals surface area contributed by atoms with Gasteiger partial charge in [0, 0.05) is 32.7 Å². The second kappa shape index (κ2) is 7.04. The van der Waals surface area contributed by atoms with Crippen LogP contribution in [0.5, 0.6) is 0 Å². The SMILES string of the molecule is CC(CCN)c1ccc(CN2CCN(C)CC2)cc1. The number of nitrogens with zero attached hydrogens (tertiary/aromatic N) is 2. The summed E-state index contributed by atoms with van der Waals surface area (Å²) in [6.07, 6.45) is 1.07. The highest BCUT2D eigenvalue weighted by Gasteiger charge is 2.13. The molecule has 2 N–H and O–H groups in total. The summed E-state index contributed by atoms with van der Waals surface area (Å²) in [5.41, 5.74) is 8.46. The van der Waals surface area contributed by atoms with Gasteiger partial charge < -0.3 is 10.6 Å². The summed E-state index contributed by atoms with van der Waals surface area (Å²) in [6.45, 7) is 8.84. The first-order chi connectivity index (χ1) is 9.19. The molecular formula is C16H27N3. The van der Waals surface area contributed by atoms with Crippen LogP contribution < -0.4 is 5.73 Å². The standard InChI is InChI=1S/C16H27N3/c1-14(7-8-17)16-5-3-15(4-6-16)13-19-11-9-18(2)10-12-19/h3-6,14H,7-13,17H2,1-2H3. The summed E-state index contributed by atoms with van der Waals surface area (Å²) >= 11 is 0. The zero-order chi connectivity index (χ0) is 13.7. The lowest BCUT2D eigenvalue weighted by atomic mass is 9.97. The van der Waals surface area contributed by atoms with Gasteiger partial charge in [-0.05, 0) is 37.1 Å². The van der Waals surface area contributed by atoms with Crippen LogP contribution in [-0.2, 0) is 6.54 Å². The molecule has 1 atom stereocenters. The molecule has 3 heteroatoms. The molecule has 1 heterocycles. The number of benzene rings is 1. The molecule has 0 amide bonds. The van der Waals surface area contributed by atoms with Crippen LogP contribution in [0.1, 0.15) is 30.4 Å². The first kappa shape index (κ1) is 14.5. The smallest absolute Gasteiger partial charge is 0.0234 e. The Hall–Kier alpha value is -0.900. The number of nitrogens with two attached hydrogens (primary N) is 1. The number of hydrogen-bond donors (Lipinski definition) is 1. The second-order valence-corrected chi connectivity index (χ2v) is 5.80. The van der Waals surface area contributed by atoms with E-state index in [9.17, 15) is 0 Å². The Kier molecular flexibility index (Phi) is 5.37. The van der Waals surface area contributed by atoms with Crippen LogP contribution in [0.15, 0.2) is 24.3 Å². The van der Waals surface area contributed by atoms with E-state index in [1.54, 1.807) is 0 Å². The average molecular weight is 261 g/mol. The summed E-state index contributed by atoms with van der Waals surface area (Å²) < 4.78 is 0. The topological polar surface area (TPSA) is 32.5 Å². The highest BCUT2D eigenvalue weighted by atomic mass is 15.2. The van der Waals surface area contributed by atoms with Crippen LogP contribution in [0.2, 0.25) is 0 Å². The molecule has 0 spiro atoms. The van der Waals surface area contributed by atoms with Gasteiger partial charge in [0.05, 0.1) is 0 Å². The van der Waals surface area contributed by atoms with Crippen molar-refractivity contribution in [3.8, 4) is 0 Å². The van der Waals surface area contributed by atoms with E-state index in [0.717, 1.165) is 19.5 Å². The summed E-state index contributed by atoms with van der Waals surface area (Å²) in [5.74, 6) is 0.572. The van der Waals surface area contributed by atoms with Gasteiger partial charge in [-0.15, -0.1) is 0 Å². The number of rotatable bonds is 5. The molecule has 1 saturated heterocycles. The Bertz CT molecular complexity index is 366. The quantitative estimate of drug-likeness (QED) is 0.878. The predicted molar refractivity (Wildman–Crippen MR) is 81.3 cm³/mol. The molecule has 0 aromatic heterocycles. The van der Waals surface area contributed by atoms with Crippen molar-refractivity contribution in [2.75, 3.05) is 39.8 Å². The van der Waals surface area contributed by atoms with Gasteiger partial charge in [-0.1, -0.05) is 31.2 Å². The van der Waals surface area contributed by atoms with E-state index in [4.69, 9.17) is 5.73 Å². The monoisotopic (exact) mass is 261 g/mol. The minimum atomic E-state index is 0.572. The molecular weight excluding hydrogens is 234 g/mol. The van der Waals surface area contributed by atoms with Crippen molar-refractivity contribution in [3.05, 3.63) is 35.4 Å². The Morgan fingerprint density at radius 3 is 2.32 bits per heavy atom. The van der Waals surface area contributed by atoms with Crippen LogP contribution in [0.25, 0.3) is 0 Å².